The van der Waals surface area contributed by atoms with Gasteiger partial charge in [0.15, 0.2) is 0 Å². The van der Waals surface area contributed by atoms with E-state index < -0.39 is 11.7 Å². The van der Waals surface area contributed by atoms with Crippen LogP contribution in [-0.4, -0.2) is 34.9 Å². The van der Waals surface area contributed by atoms with Crippen LogP contribution in [0.3, 0.4) is 0 Å². The smallest absolute Gasteiger partial charge is 0.414 e. The van der Waals surface area contributed by atoms with E-state index in [9.17, 15) is 4.79 Å². The normalized spacial score (nSPS) is 10.8. The van der Waals surface area contributed by atoms with E-state index >= 15 is 0 Å². The Balaban J connectivity index is 4.14. The molecule has 0 aliphatic rings. The summed E-state index contributed by atoms with van der Waals surface area (Å²) in [6.07, 6.45) is 0.848. The molecule has 0 atom stereocenters. The van der Waals surface area contributed by atoms with Gasteiger partial charge in [-0.1, -0.05) is 6.58 Å². The molecule has 13 heavy (non-hydrogen) atoms. The van der Waals surface area contributed by atoms with Gasteiger partial charge in [-0.15, -0.1) is 0 Å². The van der Waals surface area contributed by atoms with Crippen LogP contribution in [0.2, 0.25) is 0 Å². The van der Waals surface area contributed by atoms with Crippen molar-refractivity contribution in [2.24, 2.45) is 0 Å². The lowest BCUT2D eigenvalue weighted by Crippen LogP contribution is -2.34. The first-order chi connectivity index (χ1) is 5.90. The number of amides is 1. The molecule has 4 nitrogen and oxygen atoms in total. The van der Waals surface area contributed by atoms with Crippen LogP contribution in [-0.2, 0) is 4.74 Å². The highest BCUT2D eigenvalue weighted by Crippen LogP contribution is 2.09. The van der Waals surface area contributed by atoms with E-state index in [-0.39, 0.29) is 13.2 Å². The number of aliphatic hydroxyl groups is 1. The van der Waals surface area contributed by atoms with Gasteiger partial charge in [-0.2, -0.15) is 0 Å². The Hall–Kier alpha value is -1.03. The maximum atomic E-state index is 11.3. The molecule has 0 unspecified atom stereocenters. The largest absolute Gasteiger partial charge is 0.443 e. The van der Waals surface area contributed by atoms with Gasteiger partial charge < -0.3 is 9.84 Å². The zero-order valence-electron chi connectivity index (χ0n) is 8.41. The van der Waals surface area contributed by atoms with E-state index in [1.54, 1.807) is 20.8 Å². The molecule has 0 saturated heterocycles. The molecule has 0 bridgehead atoms. The minimum atomic E-state index is -0.520. The summed E-state index contributed by atoms with van der Waals surface area (Å²) < 4.78 is 5.05. The zero-order chi connectivity index (χ0) is 10.5. The van der Waals surface area contributed by atoms with Crippen LogP contribution >= 0.6 is 0 Å². The number of rotatable bonds is 3. The highest BCUT2D eigenvalue weighted by atomic mass is 16.6. The summed E-state index contributed by atoms with van der Waals surface area (Å²) >= 11 is 0. The van der Waals surface area contributed by atoms with E-state index in [4.69, 9.17) is 9.84 Å². The van der Waals surface area contributed by atoms with Crippen LogP contribution in [0.5, 0.6) is 0 Å². The fourth-order valence-corrected chi connectivity index (χ4v) is 0.685. The Labute approximate surface area is 78.8 Å². The topological polar surface area (TPSA) is 49.8 Å². The molecule has 4 heteroatoms. The van der Waals surface area contributed by atoms with Gasteiger partial charge in [0.2, 0.25) is 0 Å². The average molecular weight is 187 g/mol. The highest BCUT2D eigenvalue weighted by molar-refractivity contribution is 5.69. The first-order valence-corrected chi connectivity index (χ1v) is 4.13. The number of aliphatic hydroxyl groups excluding tert-OH is 1. The van der Waals surface area contributed by atoms with Crippen molar-refractivity contribution in [2.45, 2.75) is 26.4 Å². The number of ether oxygens (including phenoxy) is 1. The van der Waals surface area contributed by atoms with Crippen molar-refractivity contribution in [3.8, 4) is 0 Å². The number of carbonyl (C=O) groups is 1. The summed E-state index contributed by atoms with van der Waals surface area (Å²) in [5, 5.41) is 8.62. The average Bonchev–Trinajstić information content (AvgIpc) is 1.96. The molecule has 0 saturated carbocycles. The van der Waals surface area contributed by atoms with Crippen LogP contribution in [0.15, 0.2) is 12.8 Å². The second kappa shape index (κ2) is 4.87. The molecule has 0 aliphatic heterocycles. The zero-order valence-corrected chi connectivity index (χ0v) is 8.41. The summed E-state index contributed by atoms with van der Waals surface area (Å²) in [5.41, 5.74) is -0.520. The molecule has 0 aromatic heterocycles. The molecule has 1 N–H and O–H groups in total. The van der Waals surface area contributed by atoms with Gasteiger partial charge in [0, 0.05) is 6.20 Å². The van der Waals surface area contributed by atoms with Crippen LogP contribution in [0.4, 0.5) is 4.79 Å². The van der Waals surface area contributed by atoms with Crippen molar-refractivity contribution in [1.82, 2.24) is 4.90 Å². The van der Waals surface area contributed by atoms with E-state index in [1.807, 2.05) is 0 Å². The van der Waals surface area contributed by atoms with Gasteiger partial charge in [-0.05, 0) is 20.8 Å². The number of hydrogen-bond acceptors (Lipinski definition) is 3. The fourth-order valence-electron chi connectivity index (χ4n) is 0.685. The molecule has 0 rings (SSSR count). The summed E-state index contributed by atoms with van der Waals surface area (Å²) in [5.74, 6) is 0. The fraction of sp³-hybridized carbons (Fsp3) is 0.667. The van der Waals surface area contributed by atoms with Crippen molar-refractivity contribution in [3.63, 3.8) is 0 Å². The monoisotopic (exact) mass is 187 g/mol. The third kappa shape index (κ3) is 5.25. The standard InChI is InChI=1S/C9H17NO3/c1-5-10(6-7-11)8(12)13-9(2,3)4/h5,11H,1,6-7H2,2-4H3. The summed E-state index contributed by atoms with van der Waals surface area (Å²) in [7, 11) is 0. The molecule has 1 amide bonds. The Morgan fingerprint density at radius 3 is 2.46 bits per heavy atom. The van der Waals surface area contributed by atoms with Crippen LogP contribution < -0.4 is 0 Å². The minimum absolute atomic E-state index is 0.106. The van der Waals surface area contributed by atoms with Crippen molar-refractivity contribution in [2.75, 3.05) is 13.2 Å². The molecule has 0 aromatic carbocycles. The van der Waals surface area contributed by atoms with Gasteiger partial charge in [-0.25, -0.2) is 4.79 Å². The SMILES string of the molecule is C=CN(CCO)C(=O)OC(C)(C)C. The van der Waals surface area contributed by atoms with E-state index in [0.29, 0.717) is 0 Å². The molecular weight excluding hydrogens is 170 g/mol. The number of carbonyl (C=O) groups excluding carboxylic acids is 1. The third-order valence-corrected chi connectivity index (χ3v) is 1.19. The summed E-state index contributed by atoms with van der Waals surface area (Å²) in [6, 6.07) is 0. The number of hydrogen-bond donors (Lipinski definition) is 1. The Morgan fingerprint density at radius 2 is 2.15 bits per heavy atom. The first-order valence-electron chi connectivity index (χ1n) is 4.13. The minimum Gasteiger partial charge on any atom is -0.443 e. The quantitative estimate of drug-likeness (QED) is 0.725. The van der Waals surface area contributed by atoms with Crippen LogP contribution in [0, 0.1) is 0 Å². The number of nitrogens with zero attached hydrogens (tertiary/aromatic N) is 1. The van der Waals surface area contributed by atoms with E-state index in [0.717, 1.165) is 0 Å². The van der Waals surface area contributed by atoms with Gasteiger partial charge in [0.1, 0.15) is 5.60 Å². The molecular formula is C9H17NO3. The second-order valence-electron chi connectivity index (χ2n) is 3.58. The van der Waals surface area contributed by atoms with Gasteiger partial charge in [0.25, 0.3) is 0 Å². The lowest BCUT2D eigenvalue weighted by atomic mass is 10.2. The lowest BCUT2D eigenvalue weighted by Gasteiger charge is -2.24. The van der Waals surface area contributed by atoms with Crippen LogP contribution in [0.25, 0.3) is 0 Å². The molecule has 0 aliphatic carbocycles. The maximum Gasteiger partial charge on any atom is 0.414 e. The molecule has 76 valence electrons. The van der Waals surface area contributed by atoms with E-state index in [1.165, 1.54) is 11.1 Å². The Morgan fingerprint density at radius 1 is 1.62 bits per heavy atom. The first kappa shape index (κ1) is 12.0. The van der Waals surface area contributed by atoms with Gasteiger partial charge in [-0.3, -0.25) is 4.90 Å². The Bertz CT molecular complexity index is 184. The molecule has 0 spiro atoms. The van der Waals surface area contributed by atoms with Crippen molar-refractivity contribution < 1.29 is 14.6 Å². The molecule has 0 heterocycles. The predicted octanol–water partition coefficient (Wildman–Crippen LogP) is 1.36. The maximum absolute atomic E-state index is 11.3. The van der Waals surface area contributed by atoms with Crippen LogP contribution in [0.1, 0.15) is 20.8 Å². The highest BCUT2D eigenvalue weighted by Gasteiger charge is 2.19. The van der Waals surface area contributed by atoms with Crippen molar-refractivity contribution in [1.29, 1.82) is 0 Å². The van der Waals surface area contributed by atoms with Gasteiger partial charge in [0.05, 0.1) is 13.2 Å². The molecule has 0 aromatic rings. The van der Waals surface area contributed by atoms with Crippen molar-refractivity contribution in [3.05, 3.63) is 12.8 Å². The summed E-state index contributed by atoms with van der Waals surface area (Å²) in [6.45, 7) is 8.89. The third-order valence-electron chi connectivity index (χ3n) is 1.19. The Kier molecular flexibility index (Phi) is 4.48. The van der Waals surface area contributed by atoms with E-state index in [2.05, 4.69) is 6.58 Å². The lowest BCUT2D eigenvalue weighted by molar-refractivity contribution is 0.0312. The molecule has 0 radical (unpaired) electrons. The van der Waals surface area contributed by atoms with Gasteiger partial charge >= 0.3 is 6.09 Å². The predicted molar refractivity (Wildman–Crippen MR) is 50.2 cm³/mol. The second-order valence-corrected chi connectivity index (χ2v) is 3.58. The summed E-state index contributed by atoms with van der Waals surface area (Å²) in [4.78, 5) is 12.5. The van der Waals surface area contributed by atoms with Crippen molar-refractivity contribution >= 4 is 6.09 Å². The molecule has 0 fully saturated rings.